The zero-order valence-electron chi connectivity index (χ0n) is 8.30. The highest BCUT2D eigenvalue weighted by atomic mass is 35.5. The Kier molecular flexibility index (Phi) is 2.82. The van der Waals surface area contributed by atoms with Crippen molar-refractivity contribution in [3.63, 3.8) is 0 Å². The molecule has 78 valence electrons. The number of hydrogen-bond acceptors (Lipinski definition) is 2. The summed E-state index contributed by atoms with van der Waals surface area (Å²) in [5.41, 5.74) is 1.51. The van der Waals surface area contributed by atoms with Crippen molar-refractivity contribution in [3.05, 3.63) is 35.0 Å². The Bertz CT molecular complexity index is 499. The monoisotopic (exact) mass is 224 g/mol. The largest absolute Gasteiger partial charge is 0.223 e. The second-order valence-corrected chi connectivity index (χ2v) is 3.69. The van der Waals surface area contributed by atoms with Gasteiger partial charge in [-0.3, -0.25) is 0 Å². The van der Waals surface area contributed by atoms with E-state index < -0.39 is 0 Å². The summed E-state index contributed by atoms with van der Waals surface area (Å²) in [4.78, 5) is 8.17. The quantitative estimate of drug-likeness (QED) is 0.731. The number of rotatable bonds is 2. The standard InChI is InChI=1S/C11H10ClFN2/c1-2-3-9-8-6-7(13)4-5-10(8)15-11(12)14-9/h4-6H,2-3H2,1H3. The molecule has 0 aliphatic rings. The molecule has 0 unspecified atom stereocenters. The Morgan fingerprint density at radius 3 is 2.87 bits per heavy atom. The van der Waals surface area contributed by atoms with Gasteiger partial charge in [0.2, 0.25) is 5.28 Å². The minimum absolute atomic E-state index is 0.220. The molecule has 0 atom stereocenters. The Hall–Kier alpha value is -1.22. The van der Waals surface area contributed by atoms with E-state index in [0.29, 0.717) is 5.52 Å². The molecule has 0 bridgehead atoms. The van der Waals surface area contributed by atoms with Crippen molar-refractivity contribution >= 4 is 22.5 Å². The van der Waals surface area contributed by atoms with Gasteiger partial charge in [-0.05, 0) is 36.2 Å². The molecule has 0 saturated heterocycles. The molecule has 0 saturated carbocycles. The molecule has 1 aromatic carbocycles. The third kappa shape index (κ3) is 2.07. The van der Waals surface area contributed by atoms with Crippen LogP contribution in [0.3, 0.4) is 0 Å². The Morgan fingerprint density at radius 2 is 2.13 bits per heavy atom. The van der Waals surface area contributed by atoms with Crippen molar-refractivity contribution in [1.29, 1.82) is 0 Å². The molecule has 2 aromatic rings. The molecule has 4 heteroatoms. The summed E-state index contributed by atoms with van der Waals surface area (Å²) >= 11 is 5.78. The molecule has 2 nitrogen and oxygen atoms in total. The second-order valence-electron chi connectivity index (χ2n) is 3.35. The Labute approximate surface area is 92.1 Å². The number of hydrogen-bond donors (Lipinski definition) is 0. The summed E-state index contributed by atoms with van der Waals surface area (Å²) in [5, 5.41) is 0.971. The van der Waals surface area contributed by atoms with Crippen LogP contribution >= 0.6 is 11.6 Å². The van der Waals surface area contributed by atoms with Crippen LogP contribution in [0.5, 0.6) is 0 Å². The smallest absolute Gasteiger partial charge is 0.222 e. The molecule has 0 aliphatic carbocycles. The predicted molar refractivity (Wildman–Crippen MR) is 58.5 cm³/mol. The molecule has 15 heavy (non-hydrogen) atoms. The van der Waals surface area contributed by atoms with Gasteiger partial charge in [-0.15, -0.1) is 0 Å². The van der Waals surface area contributed by atoms with Gasteiger partial charge in [-0.1, -0.05) is 13.3 Å². The lowest BCUT2D eigenvalue weighted by atomic mass is 10.1. The van der Waals surface area contributed by atoms with Crippen LogP contribution in [0, 0.1) is 5.82 Å². The lowest BCUT2D eigenvalue weighted by Gasteiger charge is -2.04. The first-order valence-electron chi connectivity index (χ1n) is 4.82. The normalized spacial score (nSPS) is 10.9. The predicted octanol–water partition coefficient (Wildman–Crippen LogP) is 3.37. The number of aromatic nitrogens is 2. The summed E-state index contributed by atoms with van der Waals surface area (Å²) < 4.78 is 13.1. The lowest BCUT2D eigenvalue weighted by molar-refractivity contribution is 0.629. The van der Waals surface area contributed by atoms with E-state index in [1.165, 1.54) is 12.1 Å². The maximum absolute atomic E-state index is 13.1. The summed E-state index contributed by atoms with van der Waals surface area (Å²) in [6.45, 7) is 2.04. The third-order valence-electron chi connectivity index (χ3n) is 2.20. The van der Waals surface area contributed by atoms with Crippen molar-refractivity contribution < 1.29 is 4.39 Å². The van der Waals surface area contributed by atoms with Crippen molar-refractivity contribution in [2.45, 2.75) is 19.8 Å². The second kappa shape index (κ2) is 4.11. The summed E-state index contributed by atoms with van der Waals surface area (Å²) in [5.74, 6) is -0.272. The minimum Gasteiger partial charge on any atom is -0.222 e. The first kappa shape index (κ1) is 10.3. The van der Waals surface area contributed by atoms with Crippen molar-refractivity contribution in [1.82, 2.24) is 9.97 Å². The minimum atomic E-state index is -0.272. The van der Waals surface area contributed by atoms with Gasteiger partial charge in [0, 0.05) is 5.39 Å². The molecular formula is C11H10ClFN2. The SMILES string of the molecule is CCCc1nc(Cl)nc2ccc(F)cc12. The van der Waals surface area contributed by atoms with E-state index in [2.05, 4.69) is 9.97 Å². The molecule has 0 aliphatic heterocycles. The maximum Gasteiger partial charge on any atom is 0.223 e. The van der Waals surface area contributed by atoms with Gasteiger partial charge in [-0.2, -0.15) is 0 Å². The third-order valence-corrected chi connectivity index (χ3v) is 2.37. The van der Waals surface area contributed by atoms with Crippen LogP contribution in [-0.4, -0.2) is 9.97 Å². The van der Waals surface area contributed by atoms with Crippen LogP contribution in [-0.2, 0) is 6.42 Å². The van der Waals surface area contributed by atoms with E-state index in [9.17, 15) is 4.39 Å². The number of halogens is 2. The molecule has 1 heterocycles. The number of fused-ring (bicyclic) bond motifs is 1. The van der Waals surface area contributed by atoms with Crippen molar-refractivity contribution in [3.8, 4) is 0 Å². The molecule has 0 radical (unpaired) electrons. The van der Waals surface area contributed by atoms with E-state index in [0.717, 1.165) is 23.9 Å². The molecule has 2 rings (SSSR count). The van der Waals surface area contributed by atoms with Gasteiger partial charge in [0.1, 0.15) is 5.82 Å². The zero-order valence-corrected chi connectivity index (χ0v) is 9.05. The van der Waals surface area contributed by atoms with Crippen LogP contribution in [0.4, 0.5) is 4.39 Å². The number of nitrogens with zero attached hydrogens (tertiary/aromatic N) is 2. The topological polar surface area (TPSA) is 25.8 Å². The molecule has 0 spiro atoms. The molecule has 0 N–H and O–H groups in total. The van der Waals surface area contributed by atoms with Crippen LogP contribution in [0.1, 0.15) is 19.0 Å². The number of aryl methyl sites for hydroxylation is 1. The van der Waals surface area contributed by atoms with Gasteiger partial charge < -0.3 is 0 Å². The first-order valence-corrected chi connectivity index (χ1v) is 5.20. The van der Waals surface area contributed by atoms with Gasteiger partial charge >= 0.3 is 0 Å². The average Bonchev–Trinajstić information content (AvgIpc) is 2.19. The van der Waals surface area contributed by atoms with Gasteiger partial charge in [0.25, 0.3) is 0 Å². The Balaban J connectivity index is 2.70. The molecule has 1 aromatic heterocycles. The van der Waals surface area contributed by atoms with Crippen LogP contribution in [0.15, 0.2) is 18.2 Å². The first-order chi connectivity index (χ1) is 7.20. The van der Waals surface area contributed by atoms with E-state index in [-0.39, 0.29) is 11.1 Å². The fourth-order valence-electron chi connectivity index (χ4n) is 1.56. The van der Waals surface area contributed by atoms with Gasteiger partial charge in [0.15, 0.2) is 0 Å². The fourth-order valence-corrected chi connectivity index (χ4v) is 1.75. The van der Waals surface area contributed by atoms with Crippen molar-refractivity contribution in [2.75, 3.05) is 0 Å². The van der Waals surface area contributed by atoms with E-state index in [1.807, 2.05) is 6.92 Å². The van der Waals surface area contributed by atoms with E-state index in [1.54, 1.807) is 6.07 Å². The Morgan fingerprint density at radius 1 is 1.33 bits per heavy atom. The zero-order chi connectivity index (χ0) is 10.8. The molecule has 0 fully saturated rings. The lowest BCUT2D eigenvalue weighted by Crippen LogP contribution is -1.95. The van der Waals surface area contributed by atoms with Crippen LogP contribution < -0.4 is 0 Å². The highest BCUT2D eigenvalue weighted by Gasteiger charge is 2.06. The van der Waals surface area contributed by atoms with E-state index >= 15 is 0 Å². The molecular weight excluding hydrogens is 215 g/mol. The van der Waals surface area contributed by atoms with Gasteiger partial charge in [0.05, 0.1) is 11.2 Å². The van der Waals surface area contributed by atoms with Gasteiger partial charge in [-0.25, -0.2) is 14.4 Å². The average molecular weight is 225 g/mol. The maximum atomic E-state index is 13.1. The van der Waals surface area contributed by atoms with Crippen LogP contribution in [0.25, 0.3) is 10.9 Å². The summed E-state index contributed by atoms with van der Waals surface area (Å²) in [6, 6.07) is 4.45. The fraction of sp³-hybridized carbons (Fsp3) is 0.273. The van der Waals surface area contributed by atoms with Crippen LogP contribution in [0.2, 0.25) is 5.28 Å². The molecule has 0 amide bonds. The highest BCUT2D eigenvalue weighted by molar-refractivity contribution is 6.28. The number of benzene rings is 1. The summed E-state index contributed by atoms with van der Waals surface area (Å²) in [6.07, 6.45) is 1.72. The summed E-state index contributed by atoms with van der Waals surface area (Å²) in [7, 11) is 0. The highest BCUT2D eigenvalue weighted by Crippen LogP contribution is 2.20. The van der Waals surface area contributed by atoms with Crippen molar-refractivity contribution in [2.24, 2.45) is 0 Å². The van der Waals surface area contributed by atoms with E-state index in [4.69, 9.17) is 11.6 Å².